The van der Waals surface area contributed by atoms with Crippen molar-refractivity contribution in [1.82, 2.24) is 5.32 Å². The lowest BCUT2D eigenvalue weighted by molar-refractivity contribution is -0.359. The molecule has 0 spiro atoms. The van der Waals surface area contributed by atoms with Crippen LogP contribution in [-0.2, 0) is 23.7 Å². The van der Waals surface area contributed by atoms with Crippen LogP contribution in [-0.4, -0.2) is 140 Å². The number of carbonyl (C=O) groups excluding carboxylic acids is 1. The first-order chi connectivity index (χ1) is 42.6. The van der Waals surface area contributed by atoms with E-state index in [-0.39, 0.29) is 12.5 Å². The van der Waals surface area contributed by atoms with E-state index in [4.69, 9.17) is 18.9 Å². The molecule has 14 nitrogen and oxygen atoms in total. The minimum absolute atomic E-state index is 0.200. The highest BCUT2D eigenvalue weighted by Crippen LogP contribution is 2.30. The van der Waals surface area contributed by atoms with Crippen LogP contribution >= 0.6 is 0 Å². The smallest absolute Gasteiger partial charge is 0.220 e. The Morgan fingerprint density at radius 2 is 0.759 bits per heavy atom. The molecular weight excluding hydrogens is 1100 g/mol. The first kappa shape index (κ1) is 81.3. The van der Waals surface area contributed by atoms with Crippen LogP contribution in [0.2, 0.25) is 0 Å². The maximum atomic E-state index is 13.3. The van der Waals surface area contributed by atoms with Crippen LogP contribution in [0, 0.1) is 0 Å². The summed E-state index contributed by atoms with van der Waals surface area (Å²) < 4.78 is 22.9. The lowest BCUT2D eigenvalue weighted by Crippen LogP contribution is -2.65. The fourth-order valence-corrected chi connectivity index (χ4v) is 12.2. The number of rotatable bonds is 61. The van der Waals surface area contributed by atoms with Crippen molar-refractivity contribution in [2.75, 3.05) is 19.8 Å². The predicted molar refractivity (Wildman–Crippen MR) is 355 cm³/mol. The van der Waals surface area contributed by atoms with Crippen molar-refractivity contribution in [3.63, 3.8) is 0 Å². The van der Waals surface area contributed by atoms with Crippen molar-refractivity contribution < 1.29 is 64.6 Å². The number of allylic oxidation sites excluding steroid dienone is 6. The number of nitrogens with one attached hydrogen (secondary N) is 1. The van der Waals surface area contributed by atoms with E-state index in [1.165, 1.54) is 238 Å². The summed E-state index contributed by atoms with van der Waals surface area (Å²) in [5.74, 6) is -0.200. The summed E-state index contributed by atoms with van der Waals surface area (Å²) in [6.07, 6.45) is 57.5. The molecule has 2 aliphatic heterocycles. The summed E-state index contributed by atoms with van der Waals surface area (Å²) in [7, 11) is 0. The van der Waals surface area contributed by atoms with Crippen LogP contribution in [0.1, 0.15) is 328 Å². The Labute approximate surface area is 531 Å². The molecule has 0 aromatic carbocycles. The van der Waals surface area contributed by atoms with Crippen molar-refractivity contribution >= 4 is 5.91 Å². The Kier molecular flexibility index (Phi) is 54.3. The molecule has 1 amide bonds. The summed E-state index contributed by atoms with van der Waals surface area (Å²) in [4.78, 5) is 13.3. The number of hydrogen-bond acceptors (Lipinski definition) is 13. The largest absolute Gasteiger partial charge is 0.394 e. The van der Waals surface area contributed by atoms with Crippen LogP contribution in [0.5, 0.6) is 0 Å². The SMILES string of the molecule is CCCCCCC/C=C\C/C=C\C/C=C\CCCCCCCCCCCCCCCCCCCCCCCCC(=O)NC(COC1OC(CO)C(OC2OC(CO)C(O)C(O)C2O)C(O)C1O)C(O)CCCCCCCCCCCCCCCCCC. The molecule has 2 saturated heterocycles. The minimum atomic E-state index is -1.78. The van der Waals surface area contributed by atoms with Crippen LogP contribution < -0.4 is 5.32 Å². The van der Waals surface area contributed by atoms with Crippen molar-refractivity contribution in [2.45, 2.75) is 402 Å². The molecule has 0 aromatic rings. The number of carbonyl (C=O) groups is 1. The van der Waals surface area contributed by atoms with Crippen LogP contribution in [0.25, 0.3) is 0 Å². The van der Waals surface area contributed by atoms with Gasteiger partial charge in [0, 0.05) is 6.42 Å². The molecule has 0 radical (unpaired) electrons. The summed E-state index contributed by atoms with van der Waals surface area (Å²) in [5, 5.41) is 87.5. The monoisotopic (exact) mass is 1240 g/mol. The highest BCUT2D eigenvalue weighted by Gasteiger charge is 2.51. The molecule has 12 unspecified atom stereocenters. The average molecular weight is 1240 g/mol. The quantitative estimate of drug-likeness (QED) is 0.0204. The van der Waals surface area contributed by atoms with Crippen molar-refractivity contribution in [2.24, 2.45) is 0 Å². The standard InChI is InChI=1S/C73H137NO13/c1-3-5-7-9-11-13-15-17-19-21-22-23-24-25-26-27-28-29-30-31-32-33-34-35-36-37-38-39-40-41-43-45-47-49-51-53-55-57-65(78)74-61(62(77)56-54-52-50-48-46-44-42-20-18-16-14-12-10-8-6-4-2)60-84-72-70(83)68(81)71(64(59-76)86-72)87-73-69(82)67(80)66(79)63(58-75)85-73/h15,17,21-22,24-25,61-64,66-73,75-77,79-83H,3-14,16,18-20,23,26-60H2,1-2H3,(H,74,78)/b17-15-,22-21-,25-24-. The Balaban J connectivity index is 1.57. The molecular formula is C73H137NO13. The third-order valence-corrected chi connectivity index (χ3v) is 18.1. The highest BCUT2D eigenvalue weighted by molar-refractivity contribution is 5.76. The second kappa shape index (κ2) is 58.1. The zero-order valence-electron chi connectivity index (χ0n) is 55.8. The molecule has 0 aliphatic carbocycles. The lowest BCUT2D eigenvalue weighted by atomic mass is 9.97. The molecule has 2 rings (SSSR count). The summed E-state index contributed by atoms with van der Waals surface area (Å²) in [5.41, 5.74) is 0. The molecule has 512 valence electrons. The van der Waals surface area contributed by atoms with Gasteiger partial charge >= 0.3 is 0 Å². The average Bonchev–Trinajstić information content (AvgIpc) is 2.36. The van der Waals surface area contributed by atoms with Gasteiger partial charge in [0.25, 0.3) is 0 Å². The van der Waals surface area contributed by atoms with Crippen molar-refractivity contribution in [3.05, 3.63) is 36.5 Å². The van der Waals surface area contributed by atoms with Crippen LogP contribution in [0.3, 0.4) is 0 Å². The second-order valence-electron chi connectivity index (χ2n) is 26.1. The van der Waals surface area contributed by atoms with Gasteiger partial charge in [0.05, 0.1) is 32.0 Å². The first-order valence-corrected chi connectivity index (χ1v) is 36.7. The van der Waals surface area contributed by atoms with Gasteiger partial charge < -0.3 is 65.1 Å². The Hall–Kier alpha value is -1.79. The van der Waals surface area contributed by atoms with Crippen molar-refractivity contribution in [3.8, 4) is 0 Å². The zero-order chi connectivity index (χ0) is 63.1. The van der Waals surface area contributed by atoms with Gasteiger partial charge in [0.15, 0.2) is 12.6 Å². The van der Waals surface area contributed by atoms with E-state index in [0.717, 1.165) is 64.2 Å². The fraction of sp³-hybridized carbons (Fsp3) is 0.904. The molecule has 14 heteroatoms. The summed E-state index contributed by atoms with van der Waals surface area (Å²) in [6, 6.07) is -0.827. The zero-order valence-corrected chi connectivity index (χ0v) is 55.8. The van der Waals surface area contributed by atoms with E-state index in [1.54, 1.807) is 0 Å². The number of unbranched alkanes of at least 4 members (excludes halogenated alkanes) is 42. The summed E-state index contributed by atoms with van der Waals surface area (Å²) in [6.45, 7) is 2.89. The van der Waals surface area contributed by atoms with E-state index in [9.17, 15) is 45.6 Å². The molecule has 2 heterocycles. The van der Waals surface area contributed by atoms with E-state index < -0.39 is 86.8 Å². The fourth-order valence-electron chi connectivity index (χ4n) is 12.2. The number of hydrogen-bond donors (Lipinski definition) is 9. The third kappa shape index (κ3) is 42.1. The Morgan fingerprint density at radius 1 is 0.414 bits per heavy atom. The van der Waals surface area contributed by atoms with Gasteiger partial charge in [-0.2, -0.15) is 0 Å². The van der Waals surface area contributed by atoms with Crippen LogP contribution in [0.4, 0.5) is 0 Å². The van der Waals surface area contributed by atoms with Crippen molar-refractivity contribution in [1.29, 1.82) is 0 Å². The van der Waals surface area contributed by atoms with E-state index in [1.807, 2.05) is 0 Å². The van der Waals surface area contributed by atoms with Gasteiger partial charge in [-0.3, -0.25) is 4.79 Å². The molecule has 2 aliphatic rings. The maximum Gasteiger partial charge on any atom is 0.220 e. The predicted octanol–water partition coefficient (Wildman–Crippen LogP) is 15.3. The van der Waals surface area contributed by atoms with E-state index in [0.29, 0.717) is 12.8 Å². The normalized spacial score (nSPS) is 23.4. The molecule has 0 bridgehead atoms. The van der Waals surface area contributed by atoms with Gasteiger partial charge in [-0.1, -0.05) is 307 Å². The van der Waals surface area contributed by atoms with Gasteiger partial charge in [-0.15, -0.1) is 0 Å². The molecule has 0 saturated carbocycles. The molecule has 87 heavy (non-hydrogen) atoms. The summed E-state index contributed by atoms with van der Waals surface area (Å²) >= 11 is 0. The van der Waals surface area contributed by atoms with E-state index in [2.05, 4.69) is 55.6 Å². The Morgan fingerprint density at radius 3 is 1.16 bits per heavy atom. The maximum absolute atomic E-state index is 13.3. The lowest BCUT2D eigenvalue weighted by Gasteiger charge is -2.46. The van der Waals surface area contributed by atoms with Gasteiger partial charge in [-0.05, 0) is 51.4 Å². The number of aliphatic hydroxyl groups excluding tert-OH is 8. The molecule has 9 N–H and O–H groups in total. The van der Waals surface area contributed by atoms with Gasteiger partial charge in [0.2, 0.25) is 5.91 Å². The highest BCUT2D eigenvalue weighted by atomic mass is 16.7. The first-order valence-electron chi connectivity index (χ1n) is 36.7. The topological polar surface area (TPSA) is 228 Å². The molecule has 0 aromatic heterocycles. The van der Waals surface area contributed by atoms with Crippen LogP contribution in [0.15, 0.2) is 36.5 Å². The number of ether oxygens (including phenoxy) is 4. The second-order valence-corrected chi connectivity index (χ2v) is 26.1. The Bertz CT molecular complexity index is 1600. The minimum Gasteiger partial charge on any atom is -0.394 e. The van der Waals surface area contributed by atoms with Gasteiger partial charge in [0.1, 0.15) is 48.8 Å². The van der Waals surface area contributed by atoms with Gasteiger partial charge in [-0.25, -0.2) is 0 Å². The molecule has 2 fully saturated rings. The number of amides is 1. The van der Waals surface area contributed by atoms with E-state index >= 15 is 0 Å². The molecule has 12 atom stereocenters. The number of aliphatic hydroxyl groups is 8. The third-order valence-electron chi connectivity index (χ3n) is 18.1.